The largest absolute Gasteiger partial charge is 0.103 e. The number of allylic oxidation sites excluding steroid dienone is 2. The zero-order chi connectivity index (χ0) is 9.19. The van der Waals surface area contributed by atoms with Gasteiger partial charge in [0, 0.05) is 0 Å². The predicted molar refractivity (Wildman–Crippen MR) is 55.1 cm³/mol. The quantitative estimate of drug-likeness (QED) is 0.542. The second kappa shape index (κ2) is 3.47. The van der Waals surface area contributed by atoms with Crippen LogP contribution in [0.15, 0.2) is 24.8 Å². The highest BCUT2D eigenvalue weighted by Crippen LogP contribution is 2.41. The Labute approximate surface area is 76.4 Å². The van der Waals surface area contributed by atoms with Crippen LogP contribution in [0.1, 0.15) is 39.5 Å². The molecule has 0 aromatic carbocycles. The molecule has 0 amide bonds. The van der Waals surface area contributed by atoms with E-state index in [2.05, 4.69) is 33.1 Å². The Morgan fingerprint density at radius 1 is 1.42 bits per heavy atom. The monoisotopic (exact) mass is 164 g/mol. The molecule has 12 heavy (non-hydrogen) atoms. The van der Waals surface area contributed by atoms with Crippen molar-refractivity contribution >= 4 is 0 Å². The molecule has 68 valence electrons. The van der Waals surface area contributed by atoms with Gasteiger partial charge in [0.15, 0.2) is 0 Å². The van der Waals surface area contributed by atoms with E-state index in [9.17, 15) is 0 Å². The standard InChI is InChI=1S/C12H20/c1-5-12(4)8-6-11(7-9-12)10(2)3/h5,11H,1-2,6-9H2,3-4H3. The molecule has 1 saturated carbocycles. The van der Waals surface area contributed by atoms with E-state index < -0.39 is 0 Å². The lowest BCUT2D eigenvalue weighted by molar-refractivity contribution is 0.243. The van der Waals surface area contributed by atoms with Crippen molar-refractivity contribution in [3.63, 3.8) is 0 Å². The molecule has 1 rings (SSSR count). The van der Waals surface area contributed by atoms with Gasteiger partial charge in [0.05, 0.1) is 0 Å². The van der Waals surface area contributed by atoms with Crippen molar-refractivity contribution in [3.05, 3.63) is 24.8 Å². The Hall–Kier alpha value is -0.520. The van der Waals surface area contributed by atoms with Crippen LogP contribution >= 0.6 is 0 Å². The average Bonchev–Trinajstić information content (AvgIpc) is 2.05. The van der Waals surface area contributed by atoms with Crippen molar-refractivity contribution < 1.29 is 0 Å². The fourth-order valence-corrected chi connectivity index (χ4v) is 1.97. The molecule has 0 spiro atoms. The van der Waals surface area contributed by atoms with Gasteiger partial charge in [0.2, 0.25) is 0 Å². The summed E-state index contributed by atoms with van der Waals surface area (Å²) in [6, 6.07) is 0. The van der Waals surface area contributed by atoms with Crippen LogP contribution in [-0.4, -0.2) is 0 Å². The number of rotatable bonds is 2. The highest BCUT2D eigenvalue weighted by Gasteiger charge is 2.28. The minimum atomic E-state index is 0.409. The summed E-state index contributed by atoms with van der Waals surface area (Å²) >= 11 is 0. The minimum Gasteiger partial charge on any atom is -0.103 e. The second-order valence-electron chi connectivity index (χ2n) is 4.48. The Morgan fingerprint density at radius 2 is 1.92 bits per heavy atom. The summed E-state index contributed by atoms with van der Waals surface area (Å²) in [7, 11) is 0. The van der Waals surface area contributed by atoms with Gasteiger partial charge in [-0.05, 0) is 43.9 Å². The maximum atomic E-state index is 4.03. The van der Waals surface area contributed by atoms with Gasteiger partial charge in [0.1, 0.15) is 0 Å². The van der Waals surface area contributed by atoms with Crippen LogP contribution in [0.25, 0.3) is 0 Å². The maximum absolute atomic E-state index is 4.03. The van der Waals surface area contributed by atoms with Crippen molar-refractivity contribution in [1.82, 2.24) is 0 Å². The van der Waals surface area contributed by atoms with Crippen LogP contribution in [0.2, 0.25) is 0 Å². The first-order chi connectivity index (χ1) is 5.57. The first-order valence-corrected chi connectivity index (χ1v) is 4.86. The molecule has 1 fully saturated rings. The average molecular weight is 164 g/mol. The van der Waals surface area contributed by atoms with E-state index in [0.717, 1.165) is 5.92 Å². The third kappa shape index (κ3) is 2.00. The van der Waals surface area contributed by atoms with E-state index in [1.54, 1.807) is 0 Å². The van der Waals surface area contributed by atoms with Gasteiger partial charge < -0.3 is 0 Å². The highest BCUT2D eigenvalue weighted by atomic mass is 14.3. The molecule has 1 aliphatic rings. The fraction of sp³-hybridized carbons (Fsp3) is 0.667. The molecule has 0 radical (unpaired) electrons. The van der Waals surface area contributed by atoms with E-state index in [1.165, 1.54) is 31.3 Å². The summed E-state index contributed by atoms with van der Waals surface area (Å²) in [4.78, 5) is 0. The van der Waals surface area contributed by atoms with E-state index in [0.29, 0.717) is 5.41 Å². The van der Waals surface area contributed by atoms with E-state index in [4.69, 9.17) is 0 Å². The van der Waals surface area contributed by atoms with Gasteiger partial charge in [-0.2, -0.15) is 0 Å². The van der Waals surface area contributed by atoms with Crippen LogP contribution in [0.3, 0.4) is 0 Å². The lowest BCUT2D eigenvalue weighted by Gasteiger charge is -2.35. The van der Waals surface area contributed by atoms with Crippen LogP contribution in [0.5, 0.6) is 0 Å². The van der Waals surface area contributed by atoms with E-state index in [-0.39, 0.29) is 0 Å². The van der Waals surface area contributed by atoms with Crippen LogP contribution in [-0.2, 0) is 0 Å². The third-order valence-electron chi connectivity index (χ3n) is 3.32. The minimum absolute atomic E-state index is 0.409. The van der Waals surface area contributed by atoms with Crippen LogP contribution < -0.4 is 0 Å². The topological polar surface area (TPSA) is 0 Å². The summed E-state index contributed by atoms with van der Waals surface area (Å²) in [5, 5.41) is 0. The summed E-state index contributed by atoms with van der Waals surface area (Å²) in [6.07, 6.45) is 7.30. The van der Waals surface area contributed by atoms with Crippen molar-refractivity contribution in [1.29, 1.82) is 0 Å². The Balaban J connectivity index is 2.49. The first kappa shape index (κ1) is 9.57. The molecular weight excluding hydrogens is 144 g/mol. The van der Waals surface area contributed by atoms with Crippen molar-refractivity contribution in [2.75, 3.05) is 0 Å². The summed E-state index contributed by atoms with van der Waals surface area (Å²) in [5.41, 5.74) is 1.77. The summed E-state index contributed by atoms with van der Waals surface area (Å²) in [5.74, 6) is 0.776. The molecule has 0 heteroatoms. The van der Waals surface area contributed by atoms with Gasteiger partial charge in [-0.1, -0.05) is 25.2 Å². The van der Waals surface area contributed by atoms with Crippen LogP contribution in [0, 0.1) is 11.3 Å². The van der Waals surface area contributed by atoms with Crippen molar-refractivity contribution in [2.24, 2.45) is 11.3 Å². The molecule has 0 N–H and O–H groups in total. The molecule has 0 heterocycles. The van der Waals surface area contributed by atoms with Gasteiger partial charge in [-0.15, -0.1) is 6.58 Å². The van der Waals surface area contributed by atoms with Gasteiger partial charge in [-0.25, -0.2) is 0 Å². The zero-order valence-electron chi connectivity index (χ0n) is 8.40. The molecular formula is C12H20. The maximum Gasteiger partial charge on any atom is -0.0149 e. The fourth-order valence-electron chi connectivity index (χ4n) is 1.97. The summed E-state index contributed by atoms with van der Waals surface area (Å²) in [6.45, 7) is 12.4. The Bertz CT molecular complexity index is 180. The number of hydrogen-bond acceptors (Lipinski definition) is 0. The second-order valence-corrected chi connectivity index (χ2v) is 4.48. The molecule has 1 aliphatic carbocycles. The lowest BCUT2D eigenvalue weighted by Crippen LogP contribution is -2.22. The Morgan fingerprint density at radius 3 is 2.25 bits per heavy atom. The van der Waals surface area contributed by atoms with E-state index >= 15 is 0 Å². The Kier molecular flexibility index (Phi) is 2.76. The predicted octanol–water partition coefficient (Wildman–Crippen LogP) is 3.95. The molecule has 0 atom stereocenters. The normalized spacial score (nSPS) is 36.0. The molecule has 0 nitrogen and oxygen atoms in total. The smallest absolute Gasteiger partial charge is 0.0149 e. The molecule has 0 aromatic rings. The molecule has 0 unspecified atom stereocenters. The first-order valence-electron chi connectivity index (χ1n) is 4.86. The van der Waals surface area contributed by atoms with Crippen molar-refractivity contribution in [3.8, 4) is 0 Å². The zero-order valence-corrected chi connectivity index (χ0v) is 8.40. The van der Waals surface area contributed by atoms with Crippen molar-refractivity contribution in [2.45, 2.75) is 39.5 Å². The van der Waals surface area contributed by atoms with Crippen LogP contribution in [0.4, 0.5) is 0 Å². The summed E-state index contributed by atoms with van der Waals surface area (Å²) < 4.78 is 0. The molecule has 0 aliphatic heterocycles. The van der Waals surface area contributed by atoms with Gasteiger partial charge in [-0.3, -0.25) is 0 Å². The van der Waals surface area contributed by atoms with Gasteiger partial charge in [0.25, 0.3) is 0 Å². The molecule has 0 bridgehead atoms. The highest BCUT2D eigenvalue weighted by molar-refractivity contribution is 5.03. The SMILES string of the molecule is C=CC1(C)CCC(C(=C)C)CC1. The number of hydrogen-bond donors (Lipinski definition) is 0. The van der Waals surface area contributed by atoms with E-state index in [1.807, 2.05) is 0 Å². The lowest BCUT2D eigenvalue weighted by atomic mass is 9.70. The molecule has 0 saturated heterocycles. The third-order valence-corrected chi connectivity index (χ3v) is 3.32. The molecule has 0 aromatic heterocycles. The van der Waals surface area contributed by atoms with Gasteiger partial charge >= 0.3 is 0 Å².